The molecule has 0 amide bonds. The molecule has 10 heteroatoms. The van der Waals surface area contributed by atoms with Gasteiger partial charge < -0.3 is 19.7 Å². The minimum absolute atomic E-state index is 0.414. The fourth-order valence-corrected chi connectivity index (χ4v) is 8.73. The number of carboxylic acid groups (broad SMARTS) is 2. The average Bonchev–Trinajstić information content (AvgIpc) is 3.18. The minimum atomic E-state index is -0.744. The molecule has 6 rings (SSSR count). The fraction of sp³-hybridized carbons (Fsp3) is 0.409. The van der Waals surface area contributed by atoms with Gasteiger partial charge in [-0.1, -0.05) is 61.4 Å². The molecule has 0 aromatic heterocycles. The number of thiol groups is 1. The molecule has 2 heterocycles. The van der Waals surface area contributed by atoms with E-state index in [1.807, 2.05) is 24.5 Å². The van der Waals surface area contributed by atoms with E-state index in [-0.39, 0.29) is 0 Å². The highest BCUT2D eigenvalue weighted by molar-refractivity contribution is 7.98. The standard InChI is InChI=1S/C44H52N2O6S2/c1-29-33(26-51-40-18-16-31(22-35(40)28-53)24-45-20-6-4-14-38(45)43(47)48)10-8-12-36(29)37-13-9-11-34(30(37)2)27-52-41-19-17-32(23-42(41)54-3)25-46-21-7-5-15-39(46)44(49)50/h8-13,16-19,22-23,38-39,53H,4-7,14-15,20-21,24-28H2,1-3H3,(H,47,48)(H,49,50)/t38-,39-/m0/s1. The Labute approximate surface area is 329 Å². The predicted octanol–water partition coefficient (Wildman–Crippen LogP) is 9.16. The summed E-state index contributed by atoms with van der Waals surface area (Å²) in [7, 11) is 0. The molecule has 0 radical (unpaired) electrons. The molecular weight excluding hydrogens is 717 g/mol. The van der Waals surface area contributed by atoms with Crippen molar-refractivity contribution in [1.29, 1.82) is 0 Å². The highest BCUT2D eigenvalue weighted by Crippen LogP contribution is 2.34. The molecule has 0 aliphatic carbocycles. The zero-order valence-electron chi connectivity index (χ0n) is 31.6. The molecule has 2 fully saturated rings. The average molecular weight is 769 g/mol. The second-order valence-electron chi connectivity index (χ2n) is 14.5. The van der Waals surface area contributed by atoms with Crippen molar-refractivity contribution in [3.8, 4) is 22.6 Å². The third-order valence-corrected chi connectivity index (χ3v) is 12.1. The highest BCUT2D eigenvalue weighted by Gasteiger charge is 2.29. The highest BCUT2D eigenvalue weighted by atomic mass is 32.2. The van der Waals surface area contributed by atoms with E-state index in [9.17, 15) is 19.8 Å². The molecule has 54 heavy (non-hydrogen) atoms. The van der Waals surface area contributed by atoms with Crippen molar-refractivity contribution in [2.24, 2.45) is 0 Å². The van der Waals surface area contributed by atoms with E-state index < -0.39 is 24.0 Å². The van der Waals surface area contributed by atoms with Gasteiger partial charge in [-0.3, -0.25) is 19.4 Å². The molecule has 4 aromatic rings. The van der Waals surface area contributed by atoms with Crippen LogP contribution in [0.5, 0.6) is 11.5 Å². The van der Waals surface area contributed by atoms with E-state index in [0.29, 0.717) is 44.9 Å². The number of piperidine rings is 2. The smallest absolute Gasteiger partial charge is 0.320 e. The molecule has 2 saturated heterocycles. The lowest BCUT2D eigenvalue weighted by Gasteiger charge is -2.33. The van der Waals surface area contributed by atoms with E-state index >= 15 is 0 Å². The van der Waals surface area contributed by atoms with E-state index in [1.54, 1.807) is 11.8 Å². The first-order valence-electron chi connectivity index (χ1n) is 18.9. The predicted molar refractivity (Wildman–Crippen MR) is 219 cm³/mol. The number of hydrogen-bond acceptors (Lipinski definition) is 8. The van der Waals surface area contributed by atoms with E-state index in [4.69, 9.17) is 9.47 Å². The van der Waals surface area contributed by atoms with Gasteiger partial charge in [-0.15, -0.1) is 11.8 Å². The van der Waals surface area contributed by atoms with Crippen molar-refractivity contribution in [2.75, 3.05) is 19.3 Å². The van der Waals surface area contributed by atoms with Gasteiger partial charge in [0.15, 0.2) is 0 Å². The number of carboxylic acids is 2. The van der Waals surface area contributed by atoms with E-state index in [1.165, 1.54) is 0 Å². The van der Waals surface area contributed by atoms with Crippen LogP contribution in [0.3, 0.4) is 0 Å². The van der Waals surface area contributed by atoms with Gasteiger partial charge in [-0.25, -0.2) is 0 Å². The Balaban J connectivity index is 1.12. The molecule has 286 valence electrons. The number of thioether (sulfide) groups is 1. The maximum atomic E-state index is 11.8. The Bertz CT molecular complexity index is 1810. The van der Waals surface area contributed by atoms with Crippen LogP contribution in [0.15, 0.2) is 77.7 Å². The number of ether oxygens (including phenoxy) is 2. The normalized spacial score (nSPS) is 18.0. The second kappa shape index (κ2) is 18.6. The van der Waals surface area contributed by atoms with Gasteiger partial charge in [0, 0.05) is 29.3 Å². The molecule has 0 spiro atoms. The Morgan fingerprint density at radius 2 is 1.20 bits per heavy atom. The zero-order chi connectivity index (χ0) is 38.2. The van der Waals surface area contributed by atoms with Crippen LogP contribution in [0.1, 0.15) is 77.5 Å². The molecule has 0 saturated carbocycles. The fourth-order valence-electron chi connectivity index (χ4n) is 7.89. The number of likely N-dealkylation sites (tertiary alicyclic amines) is 2. The van der Waals surface area contributed by atoms with Crippen molar-refractivity contribution >= 4 is 36.3 Å². The van der Waals surface area contributed by atoms with Crippen LogP contribution in [-0.4, -0.2) is 63.4 Å². The molecule has 2 atom stereocenters. The quantitative estimate of drug-likeness (QED) is 0.0808. The maximum absolute atomic E-state index is 11.8. The topological polar surface area (TPSA) is 99.5 Å². The van der Waals surface area contributed by atoms with Crippen LogP contribution >= 0.6 is 24.4 Å². The summed E-state index contributed by atoms with van der Waals surface area (Å²) in [5.41, 5.74) is 10.0. The van der Waals surface area contributed by atoms with Crippen molar-refractivity contribution in [2.45, 2.75) is 101 Å². The summed E-state index contributed by atoms with van der Waals surface area (Å²) in [5.74, 6) is 0.653. The Kier molecular flexibility index (Phi) is 13.7. The van der Waals surface area contributed by atoms with Gasteiger partial charge in [0.2, 0.25) is 0 Å². The van der Waals surface area contributed by atoms with Crippen LogP contribution in [0.25, 0.3) is 11.1 Å². The minimum Gasteiger partial charge on any atom is -0.489 e. The SMILES string of the molecule is CSc1cc(CN2CCCC[C@H]2C(=O)O)ccc1OCc1cccc(-c2cccc(COc3ccc(CN4CCCC[C@H]4C(=O)O)cc3CS)c2C)c1C. The summed E-state index contributed by atoms with van der Waals surface area (Å²) in [6.07, 6.45) is 7.40. The molecule has 2 aliphatic heterocycles. The summed E-state index contributed by atoms with van der Waals surface area (Å²) in [5, 5.41) is 19.4. The Morgan fingerprint density at radius 1 is 0.704 bits per heavy atom. The first-order valence-corrected chi connectivity index (χ1v) is 20.8. The van der Waals surface area contributed by atoms with E-state index in [0.717, 1.165) is 105 Å². The number of rotatable bonds is 15. The van der Waals surface area contributed by atoms with Gasteiger partial charge in [-0.2, -0.15) is 12.6 Å². The number of benzene rings is 4. The van der Waals surface area contributed by atoms with Gasteiger partial charge >= 0.3 is 11.9 Å². The summed E-state index contributed by atoms with van der Waals surface area (Å²) in [6.45, 7) is 7.95. The number of carbonyl (C=O) groups is 2. The van der Waals surface area contributed by atoms with Crippen molar-refractivity contribution < 1.29 is 29.3 Å². The first kappa shape index (κ1) is 39.7. The van der Waals surface area contributed by atoms with Crippen molar-refractivity contribution in [3.05, 3.63) is 112 Å². The van der Waals surface area contributed by atoms with Gasteiger partial charge in [0.1, 0.15) is 36.8 Å². The number of nitrogens with zero attached hydrogens (tertiary/aromatic N) is 2. The Hall–Kier alpha value is -3.96. The summed E-state index contributed by atoms with van der Waals surface area (Å²) in [6, 6.07) is 24.2. The summed E-state index contributed by atoms with van der Waals surface area (Å²) >= 11 is 6.24. The van der Waals surface area contributed by atoms with Crippen molar-refractivity contribution in [3.63, 3.8) is 0 Å². The van der Waals surface area contributed by atoms with Crippen LogP contribution in [0.2, 0.25) is 0 Å². The summed E-state index contributed by atoms with van der Waals surface area (Å²) < 4.78 is 12.8. The van der Waals surface area contributed by atoms with Crippen LogP contribution in [-0.2, 0) is 41.6 Å². The first-order chi connectivity index (χ1) is 26.2. The zero-order valence-corrected chi connectivity index (χ0v) is 33.3. The van der Waals surface area contributed by atoms with Crippen LogP contribution < -0.4 is 9.47 Å². The third kappa shape index (κ3) is 9.45. The lowest BCUT2D eigenvalue weighted by Crippen LogP contribution is -2.44. The third-order valence-electron chi connectivity index (χ3n) is 11.0. The lowest BCUT2D eigenvalue weighted by molar-refractivity contribution is -0.145. The number of hydrogen-bond donors (Lipinski definition) is 3. The largest absolute Gasteiger partial charge is 0.489 e. The van der Waals surface area contributed by atoms with E-state index in [2.05, 4.69) is 90.9 Å². The second-order valence-corrected chi connectivity index (χ2v) is 15.6. The molecule has 4 aromatic carbocycles. The number of aliphatic carboxylic acids is 2. The molecule has 0 unspecified atom stereocenters. The van der Waals surface area contributed by atoms with Crippen LogP contribution in [0.4, 0.5) is 0 Å². The molecule has 0 bridgehead atoms. The Morgan fingerprint density at radius 3 is 1.70 bits per heavy atom. The maximum Gasteiger partial charge on any atom is 0.320 e. The molecule has 2 N–H and O–H groups in total. The monoisotopic (exact) mass is 768 g/mol. The van der Waals surface area contributed by atoms with Gasteiger partial charge in [0.25, 0.3) is 0 Å². The van der Waals surface area contributed by atoms with Crippen molar-refractivity contribution in [1.82, 2.24) is 9.80 Å². The van der Waals surface area contributed by atoms with Gasteiger partial charge in [0.05, 0.1) is 0 Å². The molecular formula is C44H52N2O6S2. The molecule has 8 nitrogen and oxygen atoms in total. The molecule has 2 aliphatic rings. The van der Waals surface area contributed by atoms with Gasteiger partial charge in [-0.05, 0) is 128 Å². The van der Waals surface area contributed by atoms with Crippen LogP contribution in [0, 0.1) is 13.8 Å². The summed E-state index contributed by atoms with van der Waals surface area (Å²) in [4.78, 5) is 28.8. The lowest BCUT2D eigenvalue weighted by atomic mass is 9.92.